The number of nitrogens with one attached hydrogen (secondary N) is 1. The van der Waals surface area contributed by atoms with Crippen LogP contribution in [0.2, 0.25) is 5.02 Å². The van der Waals surface area contributed by atoms with Crippen molar-refractivity contribution in [2.24, 2.45) is 5.92 Å². The number of aryl methyl sites for hydroxylation is 1. The molecule has 1 saturated heterocycles. The predicted octanol–water partition coefficient (Wildman–Crippen LogP) is 6.29. The van der Waals surface area contributed by atoms with Crippen LogP contribution < -0.4 is 5.32 Å². The average molecular weight is 531 g/mol. The monoisotopic (exact) mass is 530 g/mol. The van der Waals surface area contributed by atoms with Crippen molar-refractivity contribution in [2.75, 3.05) is 26.7 Å². The first-order chi connectivity index (χ1) is 17.4. The van der Waals surface area contributed by atoms with E-state index in [9.17, 15) is 14.7 Å². The third-order valence-electron chi connectivity index (χ3n) is 6.72. The molecule has 7 nitrogen and oxygen atoms in total. The number of benzene rings is 2. The molecule has 2 unspecified atom stereocenters. The van der Waals surface area contributed by atoms with Gasteiger partial charge in [0.1, 0.15) is 5.60 Å². The van der Waals surface area contributed by atoms with Crippen molar-refractivity contribution in [3.8, 4) is 11.1 Å². The van der Waals surface area contributed by atoms with Gasteiger partial charge < -0.3 is 24.8 Å². The average Bonchev–Trinajstić information content (AvgIpc) is 2.85. The van der Waals surface area contributed by atoms with E-state index in [1.165, 1.54) is 7.11 Å². The lowest BCUT2D eigenvalue weighted by Crippen LogP contribution is -2.49. The summed E-state index contributed by atoms with van der Waals surface area (Å²) in [6.07, 6.45) is 1.46. The number of likely N-dealkylation sites (tertiary alicyclic amines) is 1. The Hall–Kier alpha value is -2.77. The van der Waals surface area contributed by atoms with Crippen molar-refractivity contribution >= 4 is 23.8 Å². The van der Waals surface area contributed by atoms with E-state index in [1.807, 2.05) is 64.1 Å². The van der Waals surface area contributed by atoms with E-state index >= 15 is 0 Å². The van der Waals surface area contributed by atoms with Gasteiger partial charge in [0.25, 0.3) is 0 Å². The zero-order valence-corrected chi connectivity index (χ0v) is 23.2. The number of carbonyl (C=O) groups is 2. The molecule has 1 aliphatic heterocycles. The van der Waals surface area contributed by atoms with Gasteiger partial charge in [0.05, 0.1) is 12.7 Å². The summed E-state index contributed by atoms with van der Waals surface area (Å²) in [5.41, 5.74) is 1.60. The first-order valence-corrected chi connectivity index (χ1v) is 13.2. The number of piperidine rings is 1. The van der Waals surface area contributed by atoms with Crippen molar-refractivity contribution in [1.82, 2.24) is 10.2 Å². The fraction of sp³-hybridized carbons (Fsp3) is 0.517. The van der Waals surface area contributed by atoms with Crippen molar-refractivity contribution in [3.05, 3.63) is 58.6 Å². The number of halogens is 1. The molecule has 0 aromatic heterocycles. The maximum atomic E-state index is 12.9. The summed E-state index contributed by atoms with van der Waals surface area (Å²) in [6.45, 7) is 8.83. The summed E-state index contributed by atoms with van der Waals surface area (Å²) < 4.78 is 10.3. The molecule has 37 heavy (non-hydrogen) atoms. The Bertz CT molecular complexity index is 1100. The zero-order chi connectivity index (χ0) is 27.2. The van der Waals surface area contributed by atoms with Crippen LogP contribution >= 0.6 is 11.6 Å². The number of rotatable bonds is 7. The topological polar surface area (TPSA) is 88.1 Å². The van der Waals surface area contributed by atoms with Gasteiger partial charge in [0.2, 0.25) is 0 Å². The number of nitrogens with zero attached hydrogens (tertiary/aromatic N) is 1. The highest BCUT2D eigenvalue weighted by Crippen LogP contribution is 2.45. The molecular weight excluding hydrogens is 492 g/mol. The van der Waals surface area contributed by atoms with Gasteiger partial charge in [-0.2, -0.15) is 0 Å². The highest BCUT2D eigenvalue weighted by atomic mass is 35.5. The number of alkyl carbamates (subject to hydrolysis) is 1. The molecule has 2 atom stereocenters. The number of carbonyl (C=O) groups excluding carboxylic acids is 2. The highest BCUT2D eigenvalue weighted by molar-refractivity contribution is 6.33. The number of hydrogen-bond acceptors (Lipinski definition) is 5. The molecule has 1 heterocycles. The van der Waals surface area contributed by atoms with E-state index < -0.39 is 17.3 Å². The Morgan fingerprint density at radius 3 is 2.59 bits per heavy atom. The van der Waals surface area contributed by atoms with Gasteiger partial charge in [-0.3, -0.25) is 0 Å². The van der Waals surface area contributed by atoms with Gasteiger partial charge in [-0.15, -0.1) is 0 Å². The Labute approximate surface area is 225 Å². The third-order valence-corrected chi connectivity index (χ3v) is 7.04. The van der Waals surface area contributed by atoms with Crippen molar-refractivity contribution in [2.45, 2.75) is 64.6 Å². The van der Waals surface area contributed by atoms with E-state index in [0.29, 0.717) is 37.5 Å². The summed E-state index contributed by atoms with van der Waals surface area (Å²) in [7, 11) is 1.32. The molecule has 2 N–H and O–H groups in total. The van der Waals surface area contributed by atoms with Gasteiger partial charge in [0, 0.05) is 36.1 Å². The minimum absolute atomic E-state index is 0.256. The summed E-state index contributed by atoms with van der Waals surface area (Å²) in [6, 6.07) is 13.6. The normalized spacial score (nSPS) is 17.6. The molecule has 202 valence electrons. The first-order valence-electron chi connectivity index (χ1n) is 12.8. The fourth-order valence-corrected chi connectivity index (χ4v) is 5.30. The highest BCUT2D eigenvalue weighted by Gasteiger charge is 2.43. The fourth-order valence-electron chi connectivity index (χ4n) is 5.02. The lowest BCUT2D eigenvalue weighted by Gasteiger charge is -2.43. The van der Waals surface area contributed by atoms with E-state index in [0.717, 1.165) is 35.1 Å². The minimum Gasteiger partial charge on any atom is -0.453 e. The second-order valence-electron chi connectivity index (χ2n) is 10.7. The largest absolute Gasteiger partial charge is 0.453 e. The van der Waals surface area contributed by atoms with Crippen LogP contribution in [0.5, 0.6) is 0 Å². The lowest BCUT2D eigenvalue weighted by molar-refractivity contribution is -0.0629. The van der Waals surface area contributed by atoms with E-state index in [2.05, 4.69) is 16.1 Å². The maximum Gasteiger partial charge on any atom is 0.410 e. The Balaban J connectivity index is 2.00. The molecule has 0 saturated carbocycles. The van der Waals surface area contributed by atoms with Gasteiger partial charge >= 0.3 is 12.2 Å². The molecule has 0 bridgehead atoms. The van der Waals surface area contributed by atoms with Gasteiger partial charge in [-0.05, 0) is 70.6 Å². The summed E-state index contributed by atoms with van der Waals surface area (Å²) in [4.78, 5) is 26.2. The van der Waals surface area contributed by atoms with Crippen LogP contribution in [0, 0.1) is 12.8 Å². The van der Waals surface area contributed by atoms with Gasteiger partial charge in [-0.25, -0.2) is 9.59 Å². The number of ether oxygens (including phenoxy) is 2. The summed E-state index contributed by atoms with van der Waals surface area (Å²) in [5.74, 6) is -0.256. The predicted molar refractivity (Wildman–Crippen MR) is 146 cm³/mol. The Morgan fingerprint density at radius 2 is 1.92 bits per heavy atom. The van der Waals surface area contributed by atoms with Crippen LogP contribution in [-0.2, 0) is 15.1 Å². The zero-order valence-electron chi connectivity index (χ0n) is 22.5. The summed E-state index contributed by atoms with van der Waals surface area (Å²) >= 11 is 6.77. The first kappa shape index (κ1) is 28.8. The van der Waals surface area contributed by atoms with Gasteiger partial charge in [0.15, 0.2) is 0 Å². The molecule has 0 spiro atoms. The number of aliphatic hydroxyl groups is 1. The van der Waals surface area contributed by atoms with Crippen LogP contribution in [0.25, 0.3) is 11.1 Å². The van der Waals surface area contributed by atoms with Crippen LogP contribution in [0.3, 0.4) is 0 Å². The van der Waals surface area contributed by atoms with E-state index in [1.54, 1.807) is 4.90 Å². The number of amides is 2. The van der Waals surface area contributed by atoms with E-state index in [4.69, 9.17) is 16.3 Å². The SMILES string of the molecule is COC(=O)NCCCC(O)(c1cccc(Cl)c1-c1cccc(C)c1)C1CCCN(C(=O)OC(C)(C)C)C1. The molecule has 3 rings (SSSR count). The molecular formula is C29H39ClN2O5. The van der Waals surface area contributed by atoms with Crippen molar-refractivity contribution in [1.29, 1.82) is 0 Å². The lowest BCUT2D eigenvalue weighted by atomic mass is 9.72. The molecule has 1 aliphatic rings. The Kier molecular flexibility index (Phi) is 9.48. The minimum atomic E-state index is -1.30. The molecule has 2 aromatic carbocycles. The van der Waals surface area contributed by atoms with Crippen LogP contribution in [-0.4, -0.2) is 54.5 Å². The maximum absolute atomic E-state index is 12.9. The second kappa shape index (κ2) is 12.2. The third kappa shape index (κ3) is 7.39. The standard InChI is InChI=1S/C29H39ClN2O5/c1-20-10-6-11-21(18-20)25-23(13-7-14-24(25)30)29(35,15-9-16-31-26(33)36-5)22-12-8-17-32(19-22)27(34)37-28(2,3)4/h6-7,10-11,13-14,18,22,35H,8-9,12,15-17,19H2,1-5H3,(H,31,33). The van der Waals surface area contributed by atoms with E-state index in [-0.39, 0.29) is 12.0 Å². The van der Waals surface area contributed by atoms with Gasteiger partial charge in [-0.1, -0.05) is 53.6 Å². The summed E-state index contributed by atoms with van der Waals surface area (Å²) in [5, 5.41) is 15.8. The second-order valence-corrected chi connectivity index (χ2v) is 11.2. The van der Waals surface area contributed by atoms with Crippen LogP contribution in [0.1, 0.15) is 57.6 Å². The quantitative estimate of drug-likeness (QED) is 0.411. The number of hydrogen-bond donors (Lipinski definition) is 2. The molecule has 0 aliphatic carbocycles. The van der Waals surface area contributed by atoms with Crippen molar-refractivity contribution in [3.63, 3.8) is 0 Å². The molecule has 2 aromatic rings. The Morgan fingerprint density at radius 1 is 1.19 bits per heavy atom. The number of methoxy groups -OCH3 is 1. The van der Waals surface area contributed by atoms with Crippen LogP contribution in [0.15, 0.2) is 42.5 Å². The molecule has 8 heteroatoms. The molecule has 2 amide bonds. The molecule has 0 radical (unpaired) electrons. The van der Waals surface area contributed by atoms with Crippen molar-refractivity contribution < 1.29 is 24.2 Å². The smallest absolute Gasteiger partial charge is 0.410 e. The molecule has 1 fully saturated rings. The van der Waals surface area contributed by atoms with Crippen LogP contribution in [0.4, 0.5) is 9.59 Å².